The maximum absolute atomic E-state index is 3.72. The fourth-order valence-corrected chi connectivity index (χ4v) is 0.478. The summed E-state index contributed by atoms with van der Waals surface area (Å²) in [4.78, 5) is 0. The van der Waals surface area contributed by atoms with Crippen LogP contribution < -0.4 is 48.0 Å². The normalized spacial score (nSPS) is 12.6. The summed E-state index contributed by atoms with van der Waals surface area (Å²) in [6.07, 6.45) is 9.87. The minimum Gasteiger partial charge on any atom is -1.00 e. The zero-order valence-corrected chi connectivity index (χ0v) is 12.2. The molecule has 0 unspecified atom stereocenters. The van der Waals surface area contributed by atoms with Gasteiger partial charge in [-0.05, 0) is 5.57 Å². The fourth-order valence-electron chi connectivity index (χ4n) is 0.478. The summed E-state index contributed by atoms with van der Waals surface area (Å²) >= 11 is 0. The zero-order valence-electron chi connectivity index (χ0n) is 5.26. The van der Waals surface area contributed by atoms with Gasteiger partial charge in [0.15, 0.2) is 0 Å². The standard InChI is InChI=1S/C7H7.2HI.Sm/c1-7-5-3-2-4-6-7;;;/h2-6H,1H2;2*1H;/p-2. The molecule has 0 saturated heterocycles. The second kappa shape index (κ2) is 11.0. The minimum absolute atomic E-state index is 0. The Labute approximate surface area is 129 Å². The van der Waals surface area contributed by atoms with Gasteiger partial charge in [-0.3, -0.25) is 0 Å². The van der Waals surface area contributed by atoms with E-state index in [0.29, 0.717) is 0 Å². The van der Waals surface area contributed by atoms with E-state index >= 15 is 0 Å². The van der Waals surface area contributed by atoms with E-state index in [1.165, 1.54) is 0 Å². The first-order valence-electron chi connectivity index (χ1n) is 2.26. The van der Waals surface area contributed by atoms with E-state index in [2.05, 4.69) is 6.58 Å². The molecular weight excluding hydrogens is 488 g/mol. The van der Waals surface area contributed by atoms with Crippen molar-refractivity contribution in [3.63, 3.8) is 0 Å². The molecule has 0 atom stereocenters. The van der Waals surface area contributed by atoms with Gasteiger partial charge in [-0.2, -0.15) is 0 Å². The first-order chi connectivity index (χ1) is 3.39. The van der Waals surface area contributed by atoms with Crippen LogP contribution in [0.25, 0.3) is 0 Å². The van der Waals surface area contributed by atoms with Crippen LogP contribution in [0.1, 0.15) is 0 Å². The van der Waals surface area contributed by atoms with Gasteiger partial charge in [0.2, 0.25) is 0 Å². The van der Waals surface area contributed by atoms with Crippen LogP contribution in [-0.4, -0.2) is 0 Å². The Morgan fingerprint density at radius 2 is 1.60 bits per heavy atom. The van der Waals surface area contributed by atoms with E-state index in [1.807, 2.05) is 30.7 Å². The van der Waals surface area contributed by atoms with E-state index in [9.17, 15) is 0 Å². The molecule has 0 amide bonds. The molecular formula is C7H7I2Sm-2. The molecule has 0 nitrogen and oxygen atoms in total. The first-order valence-corrected chi connectivity index (χ1v) is 2.26. The summed E-state index contributed by atoms with van der Waals surface area (Å²) in [6, 6.07) is 0. The van der Waals surface area contributed by atoms with Crippen LogP contribution >= 0.6 is 0 Å². The van der Waals surface area contributed by atoms with Crippen molar-refractivity contribution in [2.75, 3.05) is 0 Å². The topological polar surface area (TPSA) is 0 Å². The fraction of sp³-hybridized carbons (Fsp3) is 0. The van der Waals surface area contributed by atoms with Crippen molar-refractivity contribution in [3.8, 4) is 0 Å². The molecule has 0 aromatic rings. The molecule has 0 aromatic carbocycles. The van der Waals surface area contributed by atoms with Gasteiger partial charge in [-0.1, -0.05) is 30.9 Å². The summed E-state index contributed by atoms with van der Waals surface area (Å²) in [5.41, 5.74) is 1.07. The van der Waals surface area contributed by atoms with Crippen molar-refractivity contribution in [2.45, 2.75) is 0 Å². The van der Waals surface area contributed by atoms with Gasteiger partial charge < -0.3 is 48.0 Å². The van der Waals surface area contributed by atoms with Gasteiger partial charge in [-0.15, -0.1) is 0 Å². The molecule has 0 spiro atoms. The molecule has 1 aliphatic carbocycles. The number of allylic oxidation sites excluding steroid dienone is 5. The van der Waals surface area contributed by atoms with Gasteiger partial charge in [0.05, 0.1) is 0 Å². The van der Waals surface area contributed by atoms with E-state index in [1.54, 1.807) is 0 Å². The average molecular weight is 495 g/mol. The predicted molar refractivity (Wildman–Crippen MR) is 31.7 cm³/mol. The van der Waals surface area contributed by atoms with Crippen LogP contribution in [0.2, 0.25) is 0 Å². The molecule has 0 saturated carbocycles. The second-order valence-corrected chi connectivity index (χ2v) is 1.49. The molecule has 10 heavy (non-hydrogen) atoms. The molecule has 0 N–H and O–H groups in total. The Bertz CT molecular complexity index is 139. The average Bonchev–Trinajstić information content (AvgIpc) is 1.69. The van der Waals surface area contributed by atoms with Crippen LogP contribution in [-0.2, 0) is 0 Å². The van der Waals surface area contributed by atoms with Crippen molar-refractivity contribution in [3.05, 3.63) is 42.9 Å². The molecule has 57 valence electrons. The third kappa shape index (κ3) is 8.12. The number of hydrogen-bond acceptors (Lipinski definition) is 0. The van der Waals surface area contributed by atoms with Gasteiger partial charge in [0, 0.05) is 46.8 Å². The van der Waals surface area contributed by atoms with E-state index in [-0.39, 0.29) is 88.3 Å². The Hall–Kier alpha value is 2.02. The van der Waals surface area contributed by atoms with Crippen molar-refractivity contribution in [2.24, 2.45) is 0 Å². The molecule has 3 heteroatoms. The van der Waals surface area contributed by atoms with E-state index < -0.39 is 0 Å². The van der Waals surface area contributed by atoms with Crippen molar-refractivity contribution >= 4 is 0 Å². The van der Waals surface area contributed by atoms with Crippen molar-refractivity contribution in [1.29, 1.82) is 0 Å². The summed E-state index contributed by atoms with van der Waals surface area (Å²) in [6.45, 7) is 3.72. The Kier molecular flexibility index (Phi) is 19.8. The Morgan fingerprint density at radius 3 is 1.80 bits per heavy atom. The largest absolute Gasteiger partial charge is 1.00 e. The van der Waals surface area contributed by atoms with Crippen molar-refractivity contribution in [1.82, 2.24) is 0 Å². The number of hydrogen-bond donors (Lipinski definition) is 0. The van der Waals surface area contributed by atoms with Crippen molar-refractivity contribution < 1.29 is 88.3 Å². The summed E-state index contributed by atoms with van der Waals surface area (Å²) in [5.74, 6) is 0. The Balaban J connectivity index is -0.000000163. The molecule has 0 fully saturated rings. The molecule has 0 aromatic heterocycles. The van der Waals surface area contributed by atoms with Gasteiger partial charge in [-0.25, -0.2) is 0 Å². The molecule has 0 heterocycles. The van der Waals surface area contributed by atoms with Gasteiger partial charge >= 0.3 is 0 Å². The third-order valence-electron chi connectivity index (χ3n) is 0.843. The van der Waals surface area contributed by atoms with E-state index in [0.717, 1.165) is 5.57 Å². The SMILES string of the molecule is C=C1[CH]C=CC=C1.[I-].[I-].[Sm]. The maximum atomic E-state index is 3.72. The molecule has 1 aliphatic rings. The van der Waals surface area contributed by atoms with Crippen LogP contribution in [0.4, 0.5) is 0 Å². The quantitative estimate of drug-likeness (QED) is 0.300. The second-order valence-electron chi connectivity index (χ2n) is 1.49. The van der Waals surface area contributed by atoms with E-state index in [4.69, 9.17) is 0 Å². The minimum atomic E-state index is 0. The zero-order chi connectivity index (χ0) is 5.11. The van der Waals surface area contributed by atoms with Gasteiger partial charge in [0.1, 0.15) is 0 Å². The maximum Gasteiger partial charge on any atom is 0.0119 e. The van der Waals surface area contributed by atoms with Gasteiger partial charge in [0.25, 0.3) is 0 Å². The molecule has 0 bridgehead atoms. The molecule has 1 radical (unpaired) electrons. The summed E-state index contributed by atoms with van der Waals surface area (Å²) < 4.78 is 0. The Morgan fingerprint density at radius 1 is 1.00 bits per heavy atom. The third-order valence-corrected chi connectivity index (χ3v) is 0.843. The van der Waals surface area contributed by atoms with Crippen LogP contribution in [0, 0.1) is 46.8 Å². The monoisotopic (exact) mass is 497 g/mol. The summed E-state index contributed by atoms with van der Waals surface area (Å²) in [7, 11) is 0. The number of halogens is 2. The first kappa shape index (κ1) is 17.9. The van der Waals surface area contributed by atoms with Crippen LogP contribution in [0.15, 0.2) is 36.5 Å². The smallest absolute Gasteiger partial charge is 0.0119 e. The van der Waals surface area contributed by atoms with Crippen LogP contribution in [0.3, 0.4) is 0 Å². The molecule has 0 aliphatic heterocycles. The number of rotatable bonds is 0. The van der Waals surface area contributed by atoms with Crippen LogP contribution in [0.5, 0.6) is 0 Å². The predicted octanol–water partition coefficient (Wildman–Crippen LogP) is -4.12. The summed E-state index contributed by atoms with van der Waals surface area (Å²) in [5, 5.41) is 0. The molecule has 1 rings (SSSR count).